The number of carbonyl (C=O) groups is 1. The number of amides is 1. The lowest BCUT2D eigenvalue weighted by atomic mass is 9.58. The summed E-state index contributed by atoms with van der Waals surface area (Å²) in [4.78, 5) is 16.3. The average molecular weight is 471 g/mol. The van der Waals surface area contributed by atoms with E-state index in [-0.39, 0.29) is 28.8 Å². The topological polar surface area (TPSA) is 60.5 Å². The number of hydrogen-bond acceptors (Lipinski definition) is 4. The van der Waals surface area contributed by atoms with Gasteiger partial charge in [-0.05, 0) is 96.4 Å². The molecule has 7 rings (SSSR count). The zero-order valence-corrected chi connectivity index (χ0v) is 20.7. The van der Waals surface area contributed by atoms with Gasteiger partial charge in [0.25, 0.3) is 0 Å². The summed E-state index contributed by atoms with van der Waals surface area (Å²) in [6.45, 7) is 2.51. The normalized spacial score (nSPS) is 39.2. The molecule has 182 valence electrons. The zero-order valence-electron chi connectivity index (χ0n) is 20.7. The number of allylic oxidation sites excluding steroid dienone is 1. The maximum Gasteiger partial charge on any atom is 0.407 e. The summed E-state index contributed by atoms with van der Waals surface area (Å²) < 4.78 is 13.0. The van der Waals surface area contributed by atoms with E-state index in [0.717, 1.165) is 38.5 Å². The summed E-state index contributed by atoms with van der Waals surface area (Å²) in [7, 11) is 1.62. The van der Waals surface area contributed by atoms with Gasteiger partial charge in [-0.2, -0.15) is 0 Å². The number of rotatable bonds is 2. The van der Waals surface area contributed by atoms with E-state index in [1.807, 2.05) is 12.4 Å². The molecule has 2 spiro atoms. The van der Waals surface area contributed by atoms with Gasteiger partial charge in [-0.25, -0.2) is 4.79 Å². The number of alkyl carbamates (subject to hydrolysis) is 1. The van der Waals surface area contributed by atoms with Crippen LogP contribution in [0.1, 0.15) is 69.8 Å². The Labute approximate surface area is 207 Å². The highest BCUT2D eigenvalue weighted by Crippen LogP contribution is 2.69. The molecule has 3 fully saturated rings. The van der Waals surface area contributed by atoms with Gasteiger partial charge >= 0.3 is 6.09 Å². The van der Waals surface area contributed by atoms with Crippen LogP contribution in [0.15, 0.2) is 60.0 Å². The minimum Gasteiger partial charge on any atom is -0.446 e. The van der Waals surface area contributed by atoms with Gasteiger partial charge in [0.15, 0.2) is 0 Å². The average Bonchev–Trinajstić information content (AvgIpc) is 3.38. The molecule has 1 saturated heterocycles. The Kier molecular flexibility index (Phi) is 4.58. The van der Waals surface area contributed by atoms with E-state index in [4.69, 9.17) is 9.47 Å². The third kappa shape index (κ3) is 2.97. The Morgan fingerprint density at radius 1 is 1.17 bits per heavy atom. The van der Waals surface area contributed by atoms with E-state index in [2.05, 4.69) is 53.6 Å². The van der Waals surface area contributed by atoms with Crippen molar-refractivity contribution in [2.45, 2.75) is 81.5 Å². The fraction of sp³-hybridized carbons (Fsp3) is 0.533. The van der Waals surface area contributed by atoms with Crippen LogP contribution in [0.25, 0.3) is 10.8 Å². The van der Waals surface area contributed by atoms with Crippen LogP contribution >= 0.6 is 0 Å². The lowest BCUT2D eigenvalue weighted by molar-refractivity contribution is -0.144. The Morgan fingerprint density at radius 3 is 2.97 bits per heavy atom. The number of fused-ring (bicyclic) bond motifs is 2. The van der Waals surface area contributed by atoms with E-state index in [9.17, 15) is 4.79 Å². The van der Waals surface area contributed by atoms with E-state index in [1.165, 1.54) is 40.3 Å². The van der Waals surface area contributed by atoms with Gasteiger partial charge in [0.2, 0.25) is 0 Å². The SMILES string of the molecule is CNC(=O)O[C@H]1CCC2=CC3=CC[C@]4(C)[C@@H](c5ccc6ccncc6c5)CC[C@H]4[C@@]34CCC2(C1)O4. The summed E-state index contributed by atoms with van der Waals surface area (Å²) in [6.07, 6.45) is 16.7. The number of nitrogens with one attached hydrogen (secondary N) is 1. The van der Waals surface area contributed by atoms with E-state index >= 15 is 0 Å². The van der Waals surface area contributed by atoms with Crippen molar-refractivity contribution in [2.75, 3.05) is 7.05 Å². The van der Waals surface area contributed by atoms with Crippen LogP contribution in [0.3, 0.4) is 0 Å². The molecule has 2 saturated carbocycles. The molecular weight excluding hydrogens is 436 g/mol. The van der Waals surface area contributed by atoms with Gasteiger partial charge in [-0.15, -0.1) is 0 Å². The first-order valence-corrected chi connectivity index (χ1v) is 13.3. The number of ether oxygens (including phenoxy) is 2. The fourth-order valence-electron chi connectivity index (χ4n) is 8.54. The lowest BCUT2D eigenvalue weighted by Gasteiger charge is -2.54. The van der Waals surface area contributed by atoms with Gasteiger partial charge in [-0.1, -0.05) is 31.2 Å². The quantitative estimate of drug-likeness (QED) is 0.568. The molecule has 0 radical (unpaired) electrons. The summed E-state index contributed by atoms with van der Waals surface area (Å²) in [5.74, 6) is 1.02. The van der Waals surface area contributed by atoms with Crippen LogP contribution in [0, 0.1) is 11.3 Å². The molecule has 1 N–H and O–H groups in total. The maximum atomic E-state index is 11.9. The summed E-state index contributed by atoms with van der Waals surface area (Å²) in [5, 5.41) is 5.09. The smallest absolute Gasteiger partial charge is 0.407 e. The van der Waals surface area contributed by atoms with Crippen LogP contribution in [0.2, 0.25) is 0 Å². The Bertz CT molecular complexity index is 1280. The van der Waals surface area contributed by atoms with Gasteiger partial charge in [-0.3, -0.25) is 4.98 Å². The van der Waals surface area contributed by atoms with Gasteiger partial charge in [0, 0.05) is 31.2 Å². The van der Waals surface area contributed by atoms with Crippen LogP contribution in [0.5, 0.6) is 0 Å². The van der Waals surface area contributed by atoms with Crippen molar-refractivity contribution in [3.63, 3.8) is 0 Å². The first kappa shape index (κ1) is 21.6. The van der Waals surface area contributed by atoms with Gasteiger partial charge in [0.05, 0.1) is 11.2 Å². The van der Waals surface area contributed by atoms with Crippen molar-refractivity contribution in [3.05, 3.63) is 65.5 Å². The number of hydrogen-bond donors (Lipinski definition) is 1. The van der Waals surface area contributed by atoms with Crippen molar-refractivity contribution in [3.8, 4) is 0 Å². The largest absolute Gasteiger partial charge is 0.446 e. The van der Waals surface area contributed by atoms with Crippen molar-refractivity contribution in [2.24, 2.45) is 11.3 Å². The third-order valence-corrected chi connectivity index (χ3v) is 10.2. The number of pyridine rings is 1. The highest BCUT2D eigenvalue weighted by molar-refractivity contribution is 5.82. The van der Waals surface area contributed by atoms with Crippen molar-refractivity contribution in [1.82, 2.24) is 10.3 Å². The molecule has 1 aromatic heterocycles. The van der Waals surface area contributed by atoms with Crippen molar-refractivity contribution < 1.29 is 14.3 Å². The molecule has 3 aliphatic carbocycles. The zero-order chi connectivity index (χ0) is 23.8. The second-order valence-electron chi connectivity index (χ2n) is 11.7. The Balaban J connectivity index is 1.23. The maximum absolute atomic E-state index is 11.9. The fourth-order valence-corrected chi connectivity index (χ4v) is 8.54. The monoisotopic (exact) mass is 470 g/mol. The number of nitrogens with zero attached hydrogens (tertiary/aromatic N) is 1. The van der Waals surface area contributed by atoms with E-state index in [1.54, 1.807) is 7.05 Å². The molecule has 1 unspecified atom stereocenters. The number of carbonyl (C=O) groups excluding carboxylic acids is 1. The molecule has 1 aromatic carbocycles. The van der Waals surface area contributed by atoms with Crippen molar-refractivity contribution in [1.29, 1.82) is 0 Å². The molecule has 2 bridgehead atoms. The molecule has 5 aliphatic rings. The second-order valence-corrected chi connectivity index (χ2v) is 11.7. The summed E-state index contributed by atoms with van der Waals surface area (Å²) in [6, 6.07) is 9.07. The van der Waals surface area contributed by atoms with Crippen molar-refractivity contribution >= 4 is 16.9 Å². The number of aromatic nitrogens is 1. The Morgan fingerprint density at radius 2 is 2.09 bits per heavy atom. The first-order chi connectivity index (χ1) is 17.0. The van der Waals surface area contributed by atoms with Gasteiger partial charge in [0.1, 0.15) is 6.10 Å². The molecular formula is C30H34N2O3. The predicted octanol–water partition coefficient (Wildman–Crippen LogP) is 6.20. The molecule has 1 amide bonds. The van der Waals surface area contributed by atoms with Crippen LogP contribution in [-0.4, -0.2) is 35.4 Å². The van der Waals surface area contributed by atoms with Crippen LogP contribution in [0.4, 0.5) is 4.79 Å². The highest BCUT2D eigenvalue weighted by atomic mass is 16.6. The molecule has 2 aromatic rings. The molecule has 2 aliphatic heterocycles. The van der Waals surface area contributed by atoms with Crippen LogP contribution in [-0.2, 0) is 9.47 Å². The molecule has 5 nitrogen and oxygen atoms in total. The first-order valence-electron chi connectivity index (χ1n) is 13.3. The van der Waals surface area contributed by atoms with Gasteiger partial charge < -0.3 is 14.8 Å². The third-order valence-electron chi connectivity index (χ3n) is 10.2. The molecule has 3 heterocycles. The second kappa shape index (κ2) is 7.42. The predicted molar refractivity (Wildman–Crippen MR) is 135 cm³/mol. The lowest BCUT2D eigenvalue weighted by Crippen LogP contribution is -2.54. The minimum absolute atomic E-state index is 0.0784. The number of benzene rings is 1. The molecule has 35 heavy (non-hydrogen) atoms. The highest BCUT2D eigenvalue weighted by Gasteiger charge is 2.66. The van der Waals surface area contributed by atoms with E-state index in [0.29, 0.717) is 11.8 Å². The standard InChI is InChI=1S/C30H34N2O3/c1-28-11-9-23-16-22-5-6-24(34-27(33)31-2)17-29(22)12-13-30(23,35-29)26(28)8-7-25(28)20-4-3-19-10-14-32-18-21(19)15-20/h3-4,9-10,14-16,18,24-26H,5-8,11-13,17H2,1-2H3,(H,31,33)/t24-,25+,26+,28+,29?,30+/m0/s1. The summed E-state index contributed by atoms with van der Waals surface area (Å²) >= 11 is 0. The van der Waals surface area contributed by atoms with Crippen LogP contribution < -0.4 is 5.32 Å². The summed E-state index contributed by atoms with van der Waals surface area (Å²) in [5.41, 5.74) is 4.01. The minimum atomic E-state index is -0.336. The Hall–Kier alpha value is -2.66. The molecule has 6 atom stereocenters. The molecule has 5 heteroatoms. The van der Waals surface area contributed by atoms with E-state index < -0.39 is 0 Å².